The number of ketones is 1. The van der Waals surface area contributed by atoms with Gasteiger partial charge >= 0.3 is 0 Å². The topological polar surface area (TPSA) is 132 Å². The third kappa shape index (κ3) is 5.58. The molecule has 2 saturated heterocycles. The van der Waals surface area contributed by atoms with Gasteiger partial charge in [-0.05, 0) is 24.3 Å². The van der Waals surface area contributed by atoms with Crippen molar-refractivity contribution in [3.05, 3.63) is 47.5 Å². The second kappa shape index (κ2) is 8.26. The smallest absolute Gasteiger partial charge is 0.200 e. The molecule has 4 N–H and O–H groups in total. The highest BCUT2D eigenvalue weighted by atomic mass is 16.6. The lowest BCUT2D eigenvalue weighted by molar-refractivity contribution is 0.102. The summed E-state index contributed by atoms with van der Waals surface area (Å²) < 4.78 is 15.1. The third-order valence-corrected chi connectivity index (χ3v) is 3.86. The van der Waals surface area contributed by atoms with Crippen molar-refractivity contribution < 1.29 is 39.4 Å². The number of carbonyl (C=O) groups excluding carboxylic acids is 1. The van der Waals surface area contributed by atoms with Gasteiger partial charge in [0.25, 0.3) is 0 Å². The van der Waals surface area contributed by atoms with E-state index in [-0.39, 0.29) is 34.1 Å². The number of benzene rings is 2. The van der Waals surface area contributed by atoms with Crippen LogP contribution in [-0.4, -0.2) is 64.8 Å². The number of phenolic OH excluding ortho intramolecular Hbond substituents is 4. The van der Waals surface area contributed by atoms with Crippen LogP contribution in [0, 0.1) is 0 Å². The average Bonchev–Trinajstić information content (AvgIpc) is 3.51. The van der Waals surface area contributed by atoms with E-state index < -0.39 is 5.78 Å². The van der Waals surface area contributed by atoms with Gasteiger partial charge in [-0.3, -0.25) is 4.79 Å². The predicted octanol–water partition coefficient (Wildman–Crippen LogP) is 1.54. The summed E-state index contributed by atoms with van der Waals surface area (Å²) in [5.74, 6) is -1.71. The Morgan fingerprint density at radius 3 is 1.59 bits per heavy atom. The van der Waals surface area contributed by atoms with Crippen LogP contribution in [0.25, 0.3) is 0 Å². The number of rotatable bonds is 6. The van der Waals surface area contributed by atoms with Crippen molar-refractivity contribution in [1.29, 1.82) is 0 Å². The first-order chi connectivity index (χ1) is 12.9. The number of aromatic hydroxyl groups is 4. The van der Waals surface area contributed by atoms with Gasteiger partial charge in [0.15, 0.2) is 5.78 Å². The third-order valence-electron chi connectivity index (χ3n) is 3.86. The molecule has 27 heavy (non-hydrogen) atoms. The summed E-state index contributed by atoms with van der Waals surface area (Å²) >= 11 is 0. The zero-order valence-corrected chi connectivity index (χ0v) is 14.4. The van der Waals surface area contributed by atoms with Crippen LogP contribution in [0.5, 0.6) is 23.0 Å². The van der Waals surface area contributed by atoms with Crippen molar-refractivity contribution >= 4 is 5.78 Å². The van der Waals surface area contributed by atoms with Crippen molar-refractivity contribution in [3.8, 4) is 23.0 Å². The quantitative estimate of drug-likeness (QED) is 0.441. The molecule has 0 radical (unpaired) electrons. The Labute approximate surface area is 155 Å². The van der Waals surface area contributed by atoms with Crippen LogP contribution >= 0.6 is 0 Å². The van der Waals surface area contributed by atoms with Gasteiger partial charge in [-0.15, -0.1) is 0 Å². The molecule has 8 heteroatoms. The van der Waals surface area contributed by atoms with E-state index in [4.69, 9.17) is 24.4 Å². The summed E-state index contributed by atoms with van der Waals surface area (Å²) in [6.45, 7) is 3.26. The fourth-order valence-corrected chi connectivity index (χ4v) is 2.23. The van der Waals surface area contributed by atoms with Gasteiger partial charge in [0, 0.05) is 12.1 Å². The number of hydrogen-bond acceptors (Lipinski definition) is 8. The minimum Gasteiger partial charge on any atom is -0.508 e. The molecule has 2 heterocycles. The van der Waals surface area contributed by atoms with Crippen molar-refractivity contribution in [2.24, 2.45) is 0 Å². The van der Waals surface area contributed by atoms with Crippen molar-refractivity contribution in [1.82, 2.24) is 0 Å². The van der Waals surface area contributed by atoms with Crippen LogP contribution in [0.4, 0.5) is 0 Å². The van der Waals surface area contributed by atoms with E-state index in [1.807, 2.05) is 0 Å². The number of ether oxygens (including phenoxy) is 3. The normalized spacial score (nSPS) is 19.7. The SMILES string of the molecule is C(OCC1CO1)C1CO1.O=C(c1ccc(O)cc1O)c1ccc(O)cc1O. The van der Waals surface area contributed by atoms with Gasteiger partial charge < -0.3 is 34.6 Å². The van der Waals surface area contributed by atoms with Gasteiger partial charge in [0.05, 0.1) is 37.6 Å². The Balaban J connectivity index is 0.000000193. The standard InChI is InChI=1S/C13H10O5.C6H10O3/c14-7-1-3-9(11(16)5-7)13(18)10-4-2-8(15)6-12(10)17;1(5-3-8-5)7-2-6-4-9-6/h1-6,14-17H;5-6H,1-4H2. The number of epoxide rings is 2. The zero-order valence-electron chi connectivity index (χ0n) is 14.4. The lowest BCUT2D eigenvalue weighted by atomic mass is 10.0. The van der Waals surface area contributed by atoms with Gasteiger partial charge in [-0.2, -0.15) is 0 Å². The molecular weight excluding hydrogens is 356 g/mol. The van der Waals surface area contributed by atoms with Crippen LogP contribution in [0.15, 0.2) is 36.4 Å². The highest BCUT2D eigenvalue weighted by Gasteiger charge is 2.26. The lowest BCUT2D eigenvalue weighted by Crippen LogP contribution is -2.06. The van der Waals surface area contributed by atoms with Crippen LogP contribution in [0.1, 0.15) is 15.9 Å². The highest BCUT2D eigenvalue weighted by Crippen LogP contribution is 2.29. The molecule has 0 amide bonds. The predicted molar refractivity (Wildman–Crippen MR) is 93.3 cm³/mol. The van der Waals surface area contributed by atoms with E-state index in [1.165, 1.54) is 24.3 Å². The molecular formula is C19H20O8. The molecule has 2 aliphatic rings. The summed E-state index contributed by atoms with van der Waals surface area (Å²) in [6, 6.07) is 7.07. The maximum absolute atomic E-state index is 12.0. The molecule has 0 bridgehead atoms. The molecule has 2 aromatic rings. The Bertz CT molecular complexity index is 746. The van der Waals surface area contributed by atoms with E-state index in [9.17, 15) is 15.0 Å². The van der Waals surface area contributed by atoms with Crippen LogP contribution in [0.2, 0.25) is 0 Å². The number of hydrogen-bond donors (Lipinski definition) is 4. The van der Waals surface area contributed by atoms with E-state index in [0.29, 0.717) is 12.2 Å². The van der Waals surface area contributed by atoms with Crippen molar-refractivity contribution in [2.45, 2.75) is 12.2 Å². The maximum Gasteiger partial charge on any atom is 0.200 e. The van der Waals surface area contributed by atoms with E-state index in [1.54, 1.807) is 0 Å². The molecule has 0 aliphatic carbocycles. The average molecular weight is 376 g/mol. The summed E-state index contributed by atoms with van der Waals surface area (Å²) in [4.78, 5) is 12.0. The molecule has 0 aromatic heterocycles. The van der Waals surface area contributed by atoms with E-state index >= 15 is 0 Å². The van der Waals surface area contributed by atoms with E-state index in [2.05, 4.69) is 0 Å². The molecule has 2 atom stereocenters. The molecule has 0 spiro atoms. The van der Waals surface area contributed by atoms with Gasteiger partial charge in [-0.1, -0.05) is 0 Å². The molecule has 2 aliphatic heterocycles. The first kappa shape index (κ1) is 19.0. The Hall–Kier alpha value is -2.81. The van der Waals surface area contributed by atoms with Gasteiger partial charge in [0.1, 0.15) is 35.2 Å². The summed E-state index contributed by atoms with van der Waals surface area (Å²) in [5.41, 5.74) is -0.0948. The van der Waals surface area contributed by atoms with Gasteiger partial charge in [0.2, 0.25) is 0 Å². The van der Waals surface area contributed by atoms with Crippen molar-refractivity contribution in [2.75, 3.05) is 26.4 Å². The lowest BCUT2D eigenvalue weighted by Gasteiger charge is -2.06. The molecule has 0 saturated carbocycles. The molecule has 8 nitrogen and oxygen atoms in total. The molecule has 2 aromatic carbocycles. The zero-order chi connectivity index (χ0) is 19.4. The van der Waals surface area contributed by atoms with Gasteiger partial charge in [-0.25, -0.2) is 0 Å². The van der Waals surface area contributed by atoms with E-state index in [0.717, 1.165) is 38.6 Å². The highest BCUT2D eigenvalue weighted by molar-refractivity contribution is 6.12. The summed E-state index contributed by atoms with van der Waals surface area (Å²) in [7, 11) is 0. The minimum absolute atomic E-state index is 0.0474. The minimum atomic E-state index is -0.606. The van der Waals surface area contributed by atoms with Crippen LogP contribution < -0.4 is 0 Å². The molecule has 4 rings (SSSR count). The summed E-state index contributed by atoms with van der Waals surface area (Å²) in [5, 5.41) is 37.4. The summed E-state index contributed by atoms with van der Waals surface area (Å²) in [6.07, 6.45) is 0.785. The van der Waals surface area contributed by atoms with Crippen LogP contribution in [0.3, 0.4) is 0 Å². The van der Waals surface area contributed by atoms with Crippen LogP contribution in [-0.2, 0) is 14.2 Å². The first-order valence-electron chi connectivity index (χ1n) is 8.33. The van der Waals surface area contributed by atoms with Crippen molar-refractivity contribution in [3.63, 3.8) is 0 Å². The fraction of sp³-hybridized carbons (Fsp3) is 0.316. The fourth-order valence-electron chi connectivity index (χ4n) is 2.23. The number of carbonyl (C=O) groups is 1. The monoisotopic (exact) mass is 376 g/mol. The maximum atomic E-state index is 12.0. The largest absolute Gasteiger partial charge is 0.508 e. The Morgan fingerprint density at radius 1 is 0.852 bits per heavy atom. The Kier molecular flexibility index (Phi) is 5.80. The Morgan fingerprint density at radius 2 is 1.26 bits per heavy atom. The second-order valence-corrected chi connectivity index (χ2v) is 6.18. The second-order valence-electron chi connectivity index (χ2n) is 6.18. The molecule has 144 valence electrons. The first-order valence-corrected chi connectivity index (χ1v) is 8.33. The number of phenols is 4. The molecule has 2 unspecified atom stereocenters. The molecule has 2 fully saturated rings.